The van der Waals surface area contributed by atoms with Crippen molar-refractivity contribution in [2.45, 2.75) is 40.0 Å². The van der Waals surface area contributed by atoms with Crippen molar-refractivity contribution < 1.29 is 4.79 Å². The Kier molecular flexibility index (Phi) is 7.06. The predicted octanol–water partition coefficient (Wildman–Crippen LogP) is 2.35. The maximum atomic E-state index is 11.9. The Morgan fingerprint density at radius 1 is 1.26 bits per heavy atom. The van der Waals surface area contributed by atoms with Gasteiger partial charge >= 0.3 is 0 Å². The summed E-state index contributed by atoms with van der Waals surface area (Å²) in [7, 11) is 1.66. The highest BCUT2D eigenvalue weighted by Gasteiger charge is 2.27. The SMILES string of the molecule is CCNC(=NCC(C)(C)c1cccs1)NCC(C)(C)C(=O)NC. The summed E-state index contributed by atoms with van der Waals surface area (Å²) in [4.78, 5) is 17.9. The van der Waals surface area contributed by atoms with Gasteiger partial charge in [-0.1, -0.05) is 19.9 Å². The number of hydrogen-bond acceptors (Lipinski definition) is 3. The molecule has 0 fully saturated rings. The molecule has 1 amide bonds. The molecular formula is C17H30N4OS. The van der Waals surface area contributed by atoms with E-state index in [2.05, 4.69) is 47.3 Å². The first kappa shape index (κ1) is 19.5. The second-order valence-corrected chi connectivity index (χ2v) is 7.82. The van der Waals surface area contributed by atoms with Crippen molar-refractivity contribution in [1.82, 2.24) is 16.0 Å². The molecule has 5 nitrogen and oxygen atoms in total. The second kappa shape index (κ2) is 8.34. The van der Waals surface area contributed by atoms with Crippen LogP contribution in [0.1, 0.15) is 39.5 Å². The first-order chi connectivity index (χ1) is 10.7. The van der Waals surface area contributed by atoms with Gasteiger partial charge in [-0.05, 0) is 32.2 Å². The molecule has 1 aromatic rings. The van der Waals surface area contributed by atoms with Crippen LogP contribution in [-0.4, -0.2) is 38.5 Å². The number of amides is 1. The Hall–Kier alpha value is -1.56. The zero-order valence-corrected chi connectivity index (χ0v) is 15.9. The maximum absolute atomic E-state index is 11.9. The topological polar surface area (TPSA) is 65.5 Å². The fraction of sp³-hybridized carbons (Fsp3) is 0.647. The van der Waals surface area contributed by atoms with Crippen molar-refractivity contribution in [3.05, 3.63) is 22.4 Å². The molecule has 0 aromatic carbocycles. The van der Waals surface area contributed by atoms with E-state index in [0.717, 1.165) is 12.5 Å². The van der Waals surface area contributed by atoms with Crippen molar-refractivity contribution in [3.63, 3.8) is 0 Å². The van der Waals surface area contributed by atoms with E-state index in [4.69, 9.17) is 4.99 Å². The van der Waals surface area contributed by atoms with Crippen molar-refractivity contribution in [2.75, 3.05) is 26.7 Å². The molecule has 0 atom stereocenters. The number of carbonyl (C=O) groups excluding carboxylic acids is 1. The van der Waals surface area contributed by atoms with E-state index in [1.54, 1.807) is 18.4 Å². The van der Waals surface area contributed by atoms with Crippen LogP contribution < -0.4 is 16.0 Å². The molecule has 0 aliphatic carbocycles. The van der Waals surface area contributed by atoms with Crippen LogP contribution in [0.5, 0.6) is 0 Å². The average Bonchev–Trinajstić information content (AvgIpc) is 3.04. The van der Waals surface area contributed by atoms with Gasteiger partial charge in [0.05, 0.1) is 12.0 Å². The van der Waals surface area contributed by atoms with E-state index < -0.39 is 5.41 Å². The molecule has 1 aromatic heterocycles. The summed E-state index contributed by atoms with van der Waals surface area (Å²) in [5, 5.41) is 11.3. The van der Waals surface area contributed by atoms with Gasteiger partial charge in [0.2, 0.25) is 5.91 Å². The number of carbonyl (C=O) groups is 1. The van der Waals surface area contributed by atoms with E-state index in [0.29, 0.717) is 13.1 Å². The van der Waals surface area contributed by atoms with Crippen LogP contribution in [0, 0.1) is 5.41 Å². The van der Waals surface area contributed by atoms with Gasteiger partial charge in [-0.3, -0.25) is 9.79 Å². The number of nitrogens with one attached hydrogen (secondary N) is 3. The van der Waals surface area contributed by atoms with E-state index in [-0.39, 0.29) is 11.3 Å². The van der Waals surface area contributed by atoms with Gasteiger partial charge in [-0.25, -0.2) is 0 Å². The third kappa shape index (κ3) is 5.86. The lowest BCUT2D eigenvalue weighted by molar-refractivity contribution is -0.128. The summed E-state index contributed by atoms with van der Waals surface area (Å²) in [5.41, 5.74) is -0.499. The van der Waals surface area contributed by atoms with Crippen LogP contribution in [0.25, 0.3) is 0 Å². The van der Waals surface area contributed by atoms with Gasteiger partial charge in [0.15, 0.2) is 5.96 Å². The lowest BCUT2D eigenvalue weighted by atomic mass is 9.92. The van der Waals surface area contributed by atoms with Crippen LogP contribution in [-0.2, 0) is 10.2 Å². The second-order valence-electron chi connectivity index (χ2n) is 6.87. The summed E-state index contributed by atoms with van der Waals surface area (Å²) >= 11 is 1.76. The number of guanidine groups is 1. The van der Waals surface area contributed by atoms with E-state index in [9.17, 15) is 4.79 Å². The fourth-order valence-electron chi connectivity index (χ4n) is 2.08. The lowest BCUT2D eigenvalue weighted by Gasteiger charge is -2.25. The first-order valence-electron chi connectivity index (χ1n) is 8.01. The van der Waals surface area contributed by atoms with Crippen molar-refractivity contribution in [1.29, 1.82) is 0 Å². The molecule has 0 radical (unpaired) electrons. The largest absolute Gasteiger partial charge is 0.359 e. The molecule has 23 heavy (non-hydrogen) atoms. The number of rotatable bonds is 7. The standard InChI is InChI=1S/C17H30N4OS/c1-7-19-15(21-12-17(4,5)14(22)18-6)20-11-16(2,3)13-9-8-10-23-13/h8-10H,7,11-12H2,1-6H3,(H,18,22)(H2,19,20,21). The molecule has 130 valence electrons. The van der Waals surface area contributed by atoms with E-state index in [1.165, 1.54) is 4.88 Å². The van der Waals surface area contributed by atoms with Crippen LogP contribution in [0.3, 0.4) is 0 Å². The smallest absolute Gasteiger partial charge is 0.227 e. The summed E-state index contributed by atoms with van der Waals surface area (Å²) in [5.74, 6) is 0.758. The number of hydrogen-bond donors (Lipinski definition) is 3. The molecule has 1 rings (SSSR count). The normalized spacial score (nSPS) is 12.9. The molecule has 0 saturated heterocycles. The summed E-state index contributed by atoms with van der Waals surface area (Å²) in [6.07, 6.45) is 0. The third-order valence-electron chi connectivity index (χ3n) is 3.70. The highest BCUT2D eigenvalue weighted by molar-refractivity contribution is 7.10. The zero-order valence-electron chi connectivity index (χ0n) is 15.1. The molecule has 0 spiro atoms. The average molecular weight is 339 g/mol. The molecule has 0 saturated carbocycles. The Morgan fingerprint density at radius 3 is 2.48 bits per heavy atom. The Bertz CT molecular complexity index is 521. The van der Waals surface area contributed by atoms with E-state index in [1.807, 2.05) is 20.8 Å². The van der Waals surface area contributed by atoms with Crippen LogP contribution in [0.2, 0.25) is 0 Å². The minimum atomic E-state index is -0.492. The van der Waals surface area contributed by atoms with Crippen molar-refractivity contribution in [3.8, 4) is 0 Å². The van der Waals surface area contributed by atoms with Gasteiger partial charge in [0.1, 0.15) is 0 Å². The summed E-state index contributed by atoms with van der Waals surface area (Å²) < 4.78 is 0. The minimum absolute atomic E-state index is 0.00711. The Labute approximate surface area is 144 Å². The molecule has 1 heterocycles. The maximum Gasteiger partial charge on any atom is 0.227 e. The number of thiophene rings is 1. The zero-order chi connectivity index (χ0) is 17.5. The van der Waals surface area contributed by atoms with Gasteiger partial charge in [0.25, 0.3) is 0 Å². The molecule has 3 N–H and O–H groups in total. The van der Waals surface area contributed by atoms with Crippen LogP contribution in [0.4, 0.5) is 0 Å². The Balaban J connectivity index is 2.72. The fourth-order valence-corrected chi connectivity index (χ4v) is 2.93. The Morgan fingerprint density at radius 2 is 1.96 bits per heavy atom. The third-order valence-corrected chi connectivity index (χ3v) is 4.94. The summed E-state index contributed by atoms with van der Waals surface area (Å²) in [6, 6.07) is 4.22. The van der Waals surface area contributed by atoms with Crippen LogP contribution >= 0.6 is 11.3 Å². The lowest BCUT2D eigenvalue weighted by Crippen LogP contribution is -2.47. The van der Waals surface area contributed by atoms with Crippen molar-refractivity contribution >= 4 is 23.2 Å². The highest BCUT2D eigenvalue weighted by atomic mass is 32.1. The number of aliphatic imine (C=N–C) groups is 1. The minimum Gasteiger partial charge on any atom is -0.359 e. The van der Waals surface area contributed by atoms with E-state index >= 15 is 0 Å². The predicted molar refractivity (Wildman–Crippen MR) is 99.2 cm³/mol. The van der Waals surface area contributed by atoms with Gasteiger partial charge in [-0.2, -0.15) is 0 Å². The summed E-state index contributed by atoms with van der Waals surface area (Å²) in [6.45, 7) is 12.2. The van der Waals surface area contributed by atoms with Crippen LogP contribution in [0.15, 0.2) is 22.5 Å². The quantitative estimate of drug-likeness (QED) is 0.528. The molecule has 0 bridgehead atoms. The molecule has 0 unspecified atom stereocenters. The van der Waals surface area contributed by atoms with Gasteiger partial charge in [0, 0.05) is 30.4 Å². The van der Waals surface area contributed by atoms with Crippen molar-refractivity contribution in [2.24, 2.45) is 10.4 Å². The monoisotopic (exact) mass is 338 g/mol. The van der Waals surface area contributed by atoms with Gasteiger partial charge < -0.3 is 16.0 Å². The van der Waals surface area contributed by atoms with Gasteiger partial charge in [-0.15, -0.1) is 11.3 Å². The molecular weight excluding hydrogens is 308 g/mol. The molecule has 0 aliphatic rings. The first-order valence-corrected chi connectivity index (χ1v) is 8.89. The number of nitrogens with zero attached hydrogens (tertiary/aromatic N) is 1. The molecule has 0 aliphatic heterocycles. The highest BCUT2D eigenvalue weighted by Crippen LogP contribution is 2.27. The molecule has 6 heteroatoms.